The van der Waals surface area contributed by atoms with Gasteiger partial charge < -0.3 is 5.11 Å². The molecule has 4 nitrogen and oxygen atoms in total. The van der Waals surface area contributed by atoms with Crippen LogP contribution in [0.15, 0.2) is 29.2 Å². The van der Waals surface area contributed by atoms with E-state index >= 15 is 0 Å². The fourth-order valence-corrected chi connectivity index (χ4v) is 2.91. The number of para-hydroxylation sites is 1. The van der Waals surface area contributed by atoms with Crippen molar-refractivity contribution in [2.45, 2.75) is 4.90 Å². The van der Waals surface area contributed by atoms with Crippen molar-refractivity contribution < 1.29 is 13.5 Å². The van der Waals surface area contributed by atoms with Crippen LogP contribution in [0.2, 0.25) is 0 Å². The molecule has 0 fully saturated rings. The molecule has 0 heterocycles. The van der Waals surface area contributed by atoms with Crippen LogP contribution in [0.25, 0.3) is 0 Å². The number of hydrogen-bond donors (Lipinski definition) is 2. The lowest BCUT2D eigenvalue weighted by molar-refractivity contribution is 0.458. The minimum Gasteiger partial charge on any atom is -0.507 e. The van der Waals surface area contributed by atoms with Crippen LogP contribution >= 0.6 is 11.8 Å². The van der Waals surface area contributed by atoms with E-state index in [1.807, 2.05) is 0 Å². The first kappa shape index (κ1) is 13.9. The SMILES string of the molecule is C#CCSCCNS(=O)(=O)c1ccccc1O. The number of phenolic OH excluding ortho intramolecular Hbond substituents is 1. The van der Waals surface area contributed by atoms with E-state index in [9.17, 15) is 13.5 Å². The quantitative estimate of drug-likeness (QED) is 0.599. The van der Waals surface area contributed by atoms with Gasteiger partial charge in [-0.1, -0.05) is 18.1 Å². The van der Waals surface area contributed by atoms with Crippen molar-refractivity contribution in [3.8, 4) is 18.1 Å². The van der Waals surface area contributed by atoms with Crippen molar-refractivity contribution >= 4 is 21.8 Å². The van der Waals surface area contributed by atoms with Crippen LogP contribution in [0.1, 0.15) is 0 Å². The highest BCUT2D eigenvalue weighted by Crippen LogP contribution is 2.20. The molecule has 0 aliphatic rings. The fraction of sp³-hybridized carbons (Fsp3) is 0.273. The molecule has 0 saturated heterocycles. The highest BCUT2D eigenvalue weighted by molar-refractivity contribution is 7.99. The van der Waals surface area contributed by atoms with Crippen molar-refractivity contribution in [2.24, 2.45) is 0 Å². The Morgan fingerprint density at radius 1 is 1.41 bits per heavy atom. The van der Waals surface area contributed by atoms with Gasteiger partial charge in [-0.25, -0.2) is 13.1 Å². The topological polar surface area (TPSA) is 66.4 Å². The maximum atomic E-state index is 11.8. The number of aromatic hydroxyl groups is 1. The molecule has 0 aromatic heterocycles. The van der Waals surface area contributed by atoms with Crippen LogP contribution in [0.3, 0.4) is 0 Å². The molecule has 92 valence electrons. The highest BCUT2D eigenvalue weighted by atomic mass is 32.2. The molecule has 1 aromatic carbocycles. The van der Waals surface area contributed by atoms with Gasteiger partial charge in [0.05, 0.1) is 5.75 Å². The summed E-state index contributed by atoms with van der Waals surface area (Å²) in [5, 5.41) is 9.44. The van der Waals surface area contributed by atoms with Gasteiger partial charge in [-0.3, -0.25) is 0 Å². The van der Waals surface area contributed by atoms with Crippen LogP contribution in [0.4, 0.5) is 0 Å². The Morgan fingerprint density at radius 3 is 2.76 bits per heavy atom. The average molecular weight is 271 g/mol. The summed E-state index contributed by atoms with van der Waals surface area (Å²) in [7, 11) is -3.64. The van der Waals surface area contributed by atoms with E-state index in [1.54, 1.807) is 12.1 Å². The molecule has 17 heavy (non-hydrogen) atoms. The summed E-state index contributed by atoms with van der Waals surface area (Å²) in [6, 6.07) is 5.81. The summed E-state index contributed by atoms with van der Waals surface area (Å²) in [6.45, 7) is 0.281. The van der Waals surface area contributed by atoms with E-state index in [1.165, 1.54) is 23.9 Å². The fourth-order valence-electron chi connectivity index (χ4n) is 1.14. The van der Waals surface area contributed by atoms with Crippen molar-refractivity contribution in [2.75, 3.05) is 18.1 Å². The largest absolute Gasteiger partial charge is 0.507 e. The molecule has 0 amide bonds. The molecule has 2 N–H and O–H groups in total. The maximum absolute atomic E-state index is 11.8. The summed E-state index contributed by atoms with van der Waals surface area (Å²) in [4.78, 5) is -0.109. The van der Waals surface area contributed by atoms with Gasteiger partial charge in [0, 0.05) is 12.3 Å². The van der Waals surface area contributed by atoms with Gasteiger partial charge in [-0.2, -0.15) is 0 Å². The third-order valence-electron chi connectivity index (χ3n) is 1.88. The van der Waals surface area contributed by atoms with Gasteiger partial charge in [0.1, 0.15) is 10.6 Å². The molecule has 0 saturated carbocycles. The van der Waals surface area contributed by atoms with E-state index < -0.39 is 10.0 Å². The van der Waals surface area contributed by atoms with Gasteiger partial charge in [0.25, 0.3) is 0 Å². The molecule has 0 radical (unpaired) electrons. The summed E-state index contributed by atoms with van der Waals surface area (Å²) in [6.07, 6.45) is 5.06. The molecule has 1 rings (SSSR count). The van der Waals surface area contributed by atoms with Crippen molar-refractivity contribution in [3.63, 3.8) is 0 Å². The van der Waals surface area contributed by atoms with E-state index in [2.05, 4.69) is 10.6 Å². The van der Waals surface area contributed by atoms with Crippen LogP contribution in [-0.4, -0.2) is 31.6 Å². The zero-order valence-electron chi connectivity index (χ0n) is 9.09. The Balaban J connectivity index is 2.59. The molecule has 0 aliphatic carbocycles. The smallest absolute Gasteiger partial charge is 0.244 e. The lowest BCUT2D eigenvalue weighted by Crippen LogP contribution is -2.26. The molecule has 0 aliphatic heterocycles. The van der Waals surface area contributed by atoms with E-state index in [0.717, 1.165) is 0 Å². The second kappa shape index (κ2) is 6.55. The van der Waals surface area contributed by atoms with Gasteiger partial charge in [-0.05, 0) is 12.1 Å². The van der Waals surface area contributed by atoms with E-state index in [0.29, 0.717) is 11.5 Å². The maximum Gasteiger partial charge on any atom is 0.244 e. The standard InChI is InChI=1S/C11H13NO3S2/c1-2-8-16-9-7-12-17(14,15)11-6-4-3-5-10(11)13/h1,3-6,12-13H,7-9H2. The van der Waals surface area contributed by atoms with Crippen LogP contribution < -0.4 is 4.72 Å². The minimum atomic E-state index is -3.64. The number of hydrogen-bond acceptors (Lipinski definition) is 4. The zero-order valence-corrected chi connectivity index (χ0v) is 10.7. The zero-order chi connectivity index (χ0) is 12.7. The lowest BCUT2D eigenvalue weighted by Gasteiger charge is -2.07. The van der Waals surface area contributed by atoms with Crippen LogP contribution in [0.5, 0.6) is 5.75 Å². The van der Waals surface area contributed by atoms with Crippen molar-refractivity contribution in [1.29, 1.82) is 0 Å². The summed E-state index contributed by atoms with van der Waals surface area (Å²) in [5.41, 5.74) is 0. The second-order valence-corrected chi connectivity index (χ2v) is 5.96. The van der Waals surface area contributed by atoms with E-state index in [4.69, 9.17) is 6.42 Å². The van der Waals surface area contributed by atoms with Gasteiger partial charge >= 0.3 is 0 Å². The molecule has 6 heteroatoms. The Morgan fingerprint density at radius 2 is 2.12 bits per heavy atom. The summed E-state index contributed by atoms with van der Waals surface area (Å²) < 4.78 is 25.9. The number of nitrogens with one attached hydrogen (secondary N) is 1. The van der Waals surface area contributed by atoms with Crippen LogP contribution in [-0.2, 0) is 10.0 Å². The Kier molecular flexibility index (Phi) is 5.35. The highest BCUT2D eigenvalue weighted by Gasteiger charge is 2.16. The predicted octanol–water partition coefficient (Wildman–Crippen LogP) is 1.04. The first-order valence-corrected chi connectivity index (χ1v) is 7.50. The Bertz CT molecular complexity index is 506. The average Bonchev–Trinajstić information content (AvgIpc) is 2.29. The molecule has 1 aromatic rings. The molecule has 0 spiro atoms. The first-order chi connectivity index (χ1) is 8.08. The van der Waals surface area contributed by atoms with Crippen LogP contribution in [0, 0.1) is 12.3 Å². The molecular formula is C11H13NO3S2. The third kappa shape index (κ3) is 4.30. The molecule has 0 unspecified atom stereocenters. The summed E-state index contributed by atoms with van der Waals surface area (Å²) >= 11 is 1.47. The molecule has 0 atom stereocenters. The number of phenols is 1. The summed E-state index contributed by atoms with van der Waals surface area (Å²) in [5.74, 6) is 3.35. The molecule has 0 bridgehead atoms. The third-order valence-corrected chi connectivity index (χ3v) is 4.25. The van der Waals surface area contributed by atoms with E-state index in [-0.39, 0.29) is 17.2 Å². The Hall–Kier alpha value is -1.16. The number of sulfonamides is 1. The minimum absolute atomic E-state index is 0.109. The Labute approximate surface area is 105 Å². The van der Waals surface area contributed by atoms with Gasteiger partial charge in [-0.15, -0.1) is 18.2 Å². The van der Waals surface area contributed by atoms with Crippen molar-refractivity contribution in [3.05, 3.63) is 24.3 Å². The predicted molar refractivity (Wildman–Crippen MR) is 69.5 cm³/mol. The second-order valence-electron chi connectivity index (χ2n) is 3.12. The number of thioether (sulfide) groups is 1. The van der Waals surface area contributed by atoms with Crippen molar-refractivity contribution in [1.82, 2.24) is 4.72 Å². The first-order valence-electron chi connectivity index (χ1n) is 4.87. The number of rotatable bonds is 6. The normalized spacial score (nSPS) is 11.0. The monoisotopic (exact) mass is 271 g/mol. The molecular weight excluding hydrogens is 258 g/mol. The van der Waals surface area contributed by atoms with Gasteiger partial charge in [0.15, 0.2) is 0 Å². The number of benzene rings is 1. The lowest BCUT2D eigenvalue weighted by atomic mass is 10.3. The van der Waals surface area contributed by atoms with Gasteiger partial charge in [0.2, 0.25) is 10.0 Å². The number of terminal acetylenes is 1.